The molecule has 2 N–H and O–H groups in total. The van der Waals surface area contributed by atoms with Crippen LogP contribution < -0.4 is 10.6 Å². The molecule has 0 heterocycles. The van der Waals surface area contributed by atoms with E-state index in [1.165, 1.54) is 16.8 Å². The lowest BCUT2D eigenvalue weighted by Crippen LogP contribution is -2.28. The van der Waals surface area contributed by atoms with Crippen molar-refractivity contribution in [1.29, 1.82) is 0 Å². The highest BCUT2D eigenvalue weighted by Crippen LogP contribution is 2.18. The van der Waals surface area contributed by atoms with Crippen molar-refractivity contribution in [3.05, 3.63) is 65.7 Å². The molecule has 2 nitrogen and oxygen atoms in total. The van der Waals surface area contributed by atoms with E-state index in [9.17, 15) is 0 Å². The average molecular weight is 268 g/mol. The van der Waals surface area contributed by atoms with Crippen LogP contribution in [0.5, 0.6) is 0 Å². The van der Waals surface area contributed by atoms with Gasteiger partial charge in [0.1, 0.15) is 0 Å². The van der Waals surface area contributed by atoms with E-state index in [4.69, 9.17) is 0 Å². The van der Waals surface area contributed by atoms with Crippen LogP contribution >= 0.6 is 0 Å². The summed E-state index contributed by atoms with van der Waals surface area (Å²) in [6.45, 7) is 6.27. The van der Waals surface area contributed by atoms with Crippen LogP contribution in [-0.4, -0.2) is 19.1 Å². The number of anilines is 1. The Labute approximate surface area is 122 Å². The summed E-state index contributed by atoms with van der Waals surface area (Å²) in [4.78, 5) is 0. The minimum atomic E-state index is 0.538. The monoisotopic (exact) mass is 268 g/mol. The van der Waals surface area contributed by atoms with Gasteiger partial charge >= 0.3 is 0 Å². The van der Waals surface area contributed by atoms with E-state index in [-0.39, 0.29) is 0 Å². The van der Waals surface area contributed by atoms with Crippen molar-refractivity contribution in [2.45, 2.75) is 26.3 Å². The topological polar surface area (TPSA) is 24.1 Å². The molecule has 0 amide bonds. The fraction of sp³-hybridized carbons (Fsp3) is 0.333. The van der Waals surface area contributed by atoms with Crippen molar-refractivity contribution in [3.63, 3.8) is 0 Å². The van der Waals surface area contributed by atoms with E-state index in [1.807, 2.05) is 0 Å². The molecule has 2 aromatic rings. The van der Waals surface area contributed by atoms with Crippen molar-refractivity contribution < 1.29 is 0 Å². The van der Waals surface area contributed by atoms with E-state index in [2.05, 4.69) is 79.1 Å². The Kier molecular flexibility index (Phi) is 5.63. The number of hydrogen-bond acceptors (Lipinski definition) is 2. The zero-order valence-electron chi connectivity index (χ0n) is 12.4. The summed E-state index contributed by atoms with van der Waals surface area (Å²) >= 11 is 0. The summed E-state index contributed by atoms with van der Waals surface area (Å²) in [5.41, 5.74) is 3.94. The number of benzene rings is 2. The first kappa shape index (κ1) is 14.6. The van der Waals surface area contributed by atoms with Crippen LogP contribution in [0.4, 0.5) is 5.69 Å². The smallest absolute Gasteiger partial charge is 0.0376 e. The van der Waals surface area contributed by atoms with Gasteiger partial charge in [-0.3, -0.25) is 0 Å². The third-order valence-corrected chi connectivity index (χ3v) is 3.25. The van der Waals surface area contributed by atoms with Gasteiger partial charge in [-0.1, -0.05) is 62.4 Å². The van der Waals surface area contributed by atoms with E-state index >= 15 is 0 Å². The van der Waals surface area contributed by atoms with Crippen molar-refractivity contribution in [1.82, 2.24) is 5.32 Å². The molecule has 0 fully saturated rings. The predicted octanol–water partition coefficient (Wildman–Crippen LogP) is 3.69. The SMILES string of the molecule is CC(C)NCCNc1ccccc1Cc1ccccc1. The third kappa shape index (κ3) is 4.71. The second-order valence-corrected chi connectivity index (χ2v) is 5.36. The number of para-hydroxylation sites is 1. The molecule has 0 aliphatic heterocycles. The van der Waals surface area contributed by atoms with Gasteiger partial charge in [0, 0.05) is 24.8 Å². The van der Waals surface area contributed by atoms with Gasteiger partial charge in [-0.15, -0.1) is 0 Å². The molecule has 0 spiro atoms. The highest BCUT2D eigenvalue weighted by Gasteiger charge is 2.02. The molecule has 2 aromatic carbocycles. The molecule has 0 unspecified atom stereocenters. The summed E-state index contributed by atoms with van der Waals surface area (Å²) in [5, 5.41) is 6.95. The van der Waals surface area contributed by atoms with Crippen LogP contribution in [0.25, 0.3) is 0 Å². The Morgan fingerprint density at radius 3 is 2.30 bits per heavy atom. The maximum absolute atomic E-state index is 3.53. The largest absolute Gasteiger partial charge is 0.384 e. The summed E-state index contributed by atoms with van der Waals surface area (Å²) in [6, 6.07) is 19.7. The van der Waals surface area contributed by atoms with Gasteiger partial charge in [0.2, 0.25) is 0 Å². The molecule has 0 aliphatic rings. The van der Waals surface area contributed by atoms with Crippen LogP contribution in [-0.2, 0) is 6.42 Å². The molecule has 0 bridgehead atoms. The van der Waals surface area contributed by atoms with Gasteiger partial charge in [-0.25, -0.2) is 0 Å². The number of hydrogen-bond donors (Lipinski definition) is 2. The van der Waals surface area contributed by atoms with E-state index < -0.39 is 0 Å². The maximum Gasteiger partial charge on any atom is 0.0376 e. The second kappa shape index (κ2) is 7.71. The molecule has 0 saturated heterocycles. The van der Waals surface area contributed by atoms with Gasteiger partial charge in [0.05, 0.1) is 0 Å². The van der Waals surface area contributed by atoms with Gasteiger partial charge in [0.25, 0.3) is 0 Å². The first-order valence-corrected chi connectivity index (χ1v) is 7.35. The minimum Gasteiger partial charge on any atom is -0.384 e. The Bertz CT molecular complexity index is 506. The molecule has 0 aliphatic carbocycles. The molecular formula is C18H24N2. The molecule has 0 saturated carbocycles. The van der Waals surface area contributed by atoms with Gasteiger partial charge in [-0.2, -0.15) is 0 Å². The zero-order valence-corrected chi connectivity index (χ0v) is 12.4. The summed E-state index contributed by atoms with van der Waals surface area (Å²) < 4.78 is 0. The second-order valence-electron chi connectivity index (χ2n) is 5.36. The Balaban J connectivity index is 1.96. The predicted molar refractivity (Wildman–Crippen MR) is 87.3 cm³/mol. The fourth-order valence-corrected chi connectivity index (χ4v) is 2.22. The molecule has 0 atom stereocenters. The van der Waals surface area contributed by atoms with Crippen LogP contribution in [0.2, 0.25) is 0 Å². The fourth-order valence-electron chi connectivity index (χ4n) is 2.22. The van der Waals surface area contributed by atoms with Crippen molar-refractivity contribution >= 4 is 5.69 Å². The number of rotatable bonds is 7. The lowest BCUT2D eigenvalue weighted by atomic mass is 10.0. The third-order valence-electron chi connectivity index (χ3n) is 3.25. The standard InChI is InChI=1S/C18H24N2/c1-15(2)19-12-13-20-18-11-7-6-10-17(18)14-16-8-4-3-5-9-16/h3-11,15,19-20H,12-14H2,1-2H3. The van der Waals surface area contributed by atoms with Crippen LogP contribution in [0, 0.1) is 0 Å². The van der Waals surface area contributed by atoms with Crippen molar-refractivity contribution in [2.24, 2.45) is 0 Å². The summed E-state index contributed by atoms with van der Waals surface area (Å²) in [7, 11) is 0. The quantitative estimate of drug-likeness (QED) is 0.748. The minimum absolute atomic E-state index is 0.538. The van der Waals surface area contributed by atoms with Crippen LogP contribution in [0.3, 0.4) is 0 Å². The normalized spacial score (nSPS) is 10.8. The van der Waals surface area contributed by atoms with E-state index in [1.54, 1.807) is 0 Å². The van der Waals surface area contributed by atoms with Crippen molar-refractivity contribution in [2.75, 3.05) is 18.4 Å². The van der Waals surface area contributed by atoms with E-state index in [0.717, 1.165) is 19.5 Å². The highest BCUT2D eigenvalue weighted by molar-refractivity contribution is 5.52. The Morgan fingerprint density at radius 2 is 1.55 bits per heavy atom. The van der Waals surface area contributed by atoms with Crippen molar-refractivity contribution in [3.8, 4) is 0 Å². The lowest BCUT2D eigenvalue weighted by Gasteiger charge is -2.13. The van der Waals surface area contributed by atoms with Crippen LogP contribution in [0.1, 0.15) is 25.0 Å². The molecule has 2 rings (SSSR count). The summed E-state index contributed by atoms with van der Waals surface area (Å²) in [6.07, 6.45) is 0.974. The van der Waals surface area contributed by atoms with Gasteiger partial charge in [0.15, 0.2) is 0 Å². The van der Waals surface area contributed by atoms with Gasteiger partial charge < -0.3 is 10.6 Å². The van der Waals surface area contributed by atoms with E-state index in [0.29, 0.717) is 6.04 Å². The maximum atomic E-state index is 3.53. The molecule has 0 aromatic heterocycles. The average Bonchev–Trinajstić information content (AvgIpc) is 2.46. The first-order chi connectivity index (χ1) is 9.75. The Hall–Kier alpha value is -1.80. The molecule has 2 heteroatoms. The molecule has 106 valence electrons. The van der Waals surface area contributed by atoms with Gasteiger partial charge in [-0.05, 0) is 23.6 Å². The molecule has 20 heavy (non-hydrogen) atoms. The van der Waals surface area contributed by atoms with Crippen LogP contribution in [0.15, 0.2) is 54.6 Å². The zero-order chi connectivity index (χ0) is 14.2. The molecule has 0 radical (unpaired) electrons. The number of nitrogens with one attached hydrogen (secondary N) is 2. The summed E-state index contributed by atoms with van der Waals surface area (Å²) in [5.74, 6) is 0. The molecular weight excluding hydrogens is 244 g/mol. The first-order valence-electron chi connectivity index (χ1n) is 7.35. The highest BCUT2D eigenvalue weighted by atomic mass is 15.0. The Morgan fingerprint density at radius 1 is 0.850 bits per heavy atom. The lowest BCUT2D eigenvalue weighted by molar-refractivity contribution is 0.602.